The lowest BCUT2D eigenvalue weighted by molar-refractivity contribution is -0.132. The lowest BCUT2D eigenvalue weighted by Crippen LogP contribution is -2.37. The molecule has 0 N–H and O–H groups in total. The largest absolute Gasteiger partial charge is 0.376 e. The Hall–Kier alpha value is -1.06. The Balaban J connectivity index is 1.67. The molecular formula is C17H24ClNO2. The van der Waals surface area contributed by atoms with Gasteiger partial charge in [0, 0.05) is 31.6 Å². The molecule has 1 heterocycles. The SMILES string of the molecule is CN(C[C@H]1CCCCO1)C(=O)CCCc1ccc(Cl)cc1. The molecule has 0 saturated carbocycles. The normalized spacial score (nSPS) is 18.5. The Morgan fingerprint density at radius 3 is 2.76 bits per heavy atom. The van der Waals surface area contributed by atoms with Gasteiger partial charge in [-0.1, -0.05) is 23.7 Å². The molecule has 1 atom stereocenters. The van der Waals surface area contributed by atoms with Crippen molar-refractivity contribution in [1.29, 1.82) is 0 Å². The Morgan fingerprint density at radius 2 is 2.10 bits per heavy atom. The van der Waals surface area contributed by atoms with Gasteiger partial charge in [0.1, 0.15) is 0 Å². The van der Waals surface area contributed by atoms with E-state index in [-0.39, 0.29) is 12.0 Å². The summed E-state index contributed by atoms with van der Waals surface area (Å²) >= 11 is 5.86. The number of nitrogens with zero attached hydrogens (tertiary/aromatic N) is 1. The van der Waals surface area contributed by atoms with Gasteiger partial charge in [-0.2, -0.15) is 0 Å². The first-order valence-corrected chi connectivity index (χ1v) is 8.13. The first-order valence-electron chi connectivity index (χ1n) is 7.75. The van der Waals surface area contributed by atoms with Gasteiger partial charge in [-0.05, 0) is 49.8 Å². The zero-order valence-corrected chi connectivity index (χ0v) is 13.4. The van der Waals surface area contributed by atoms with Crippen LogP contribution in [0.3, 0.4) is 0 Å². The van der Waals surface area contributed by atoms with Crippen LogP contribution in [-0.2, 0) is 16.0 Å². The number of carbonyl (C=O) groups excluding carboxylic acids is 1. The van der Waals surface area contributed by atoms with Crippen molar-refractivity contribution in [2.45, 2.75) is 44.6 Å². The lowest BCUT2D eigenvalue weighted by atomic mass is 10.1. The summed E-state index contributed by atoms with van der Waals surface area (Å²) in [4.78, 5) is 13.9. The fourth-order valence-electron chi connectivity index (χ4n) is 2.64. The van der Waals surface area contributed by atoms with Gasteiger partial charge in [0.05, 0.1) is 6.10 Å². The van der Waals surface area contributed by atoms with E-state index in [0.717, 1.165) is 43.9 Å². The molecule has 0 aromatic heterocycles. The van der Waals surface area contributed by atoms with E-state index < -0.39 is 0 Å². The molecule has 1 fully saturated rings. The van der Waals surface area contributed by atoms with E-state index in [1.807, 2.05) is 36.2 Å². The van der Waals surface area contributed by atoms with E-state index >= 15 is 0 Å². The lowest BCUT2D eigenvalue weighted by Gasteiger charge is -2.27. The molecule has 0 unspecified atom stereocenters. The molecule has 0 bridgehead atoms. The van der Waals surface area contributed by atoms with Crippen LogP contribution in [0.5, 0.6) is 0 Å². The Labute approximate surface area is 132 Å². The number of halogens is 1. The highest BCUT2D eigenvalue weighted by atomic mass is 35.5. The van der Waals surface area contributed by atoms with Crippen LogP contribution in [0.15, 0.2) is 24.3 Å². The third-order valence-corrected chi connectivity index (χ3v) is 4.20. The molecule has 116 valence electrons. The highest BCUT2D eigenvalue weighted by Crippen LogP contribution is 2.15. The number of aryl methyl sites for hydroxylation is 1. The minimum Gasteiger partial charge on any atom is -0.376 e. The summed E-state index contributed by atoms with van der Waals surface area (Å²) in [6, 6.07) is 7.83. The summed E-state index contributed by atoms with van der Waals surface area (Å²) in [5, 5.41) is 0.752. The maximum atomic E-state index is 12.1. The third-order valence-electron chi connectivity index (χ3n) is 3.95. The summed E-state index contributed by atoms with van der Waals surface area (Å²) in [6.07, 6.45) is 6.03. The highest BCUT2D eigenvalue weighted by Gasteiger charge is 2.18. The van der Waals surface area contributed by atoms with E-state index in [2.05, 4.69) is 0 Å². The van der Waals surface area contributed by atoms with Crippen LogP contribution < -0.4 is 0 Å². The number of ether oxygens (including phenoxy) is 1. The molecule has 21 heavy (non-hydrogen) atoms. The first kappa shape index (κ1) is 16.3. The van der Waals surface area contributed by atoms with Gasteiger partial charge in [0.2, 0.25) is 5.91 Å². The van der Waals surface area contributed by atoms with Crippen molar-refractivity contribution < 1.29 is 9.53 Å². The van der Waals surface area contributed by atoms with Gasteiger partial charge in [-0.3, -0.25) is 4.79 Å². The predicted molar refractivity (Wildman–Crippen MR) is 85.6 cm³/mol. The number of carbonyl (C=O) groups is 1. The molecule has 2 rings (SSSR count). The van der Waals surface area contributed by atoms with Crippen LogP contribution in [0, 0.1) is 0 Å². The molecule has 1 aliphatic rings. The summed E-state index contributed by atoms with van der Waals surface area (Å²) in [5.74, 6) is 0.207. The van der Waals surface area contributed by atoms with E-state index in [1.165, 1.54) is 12.0 Å². The van der Waals surface area contributed by atoms with Crippen LogP contribution in [-0.4, -0.2) is 37.1 Å². The molecule has 0 spiro atoms. The molecule has 1 aromatic carbocycles. The van der Waals surface area contributed by atoms with Crippen molar-refractivity contribution in [1.82, 2.24) is 4.90 Å². The van der Waals surface area contributed by atoms with Gasteiger partial charge in [0.15, 0.2) is 0 Å². The molecule has 1 saturated heterocycles. The fraction of sp³-hybridized carbons (Fsp3) is 0.588. The van der Waals surface area contributed by atoms with Gasteiger partial charge < -0.3 is 9.64 Å². The molecule has 4 heteroatoms. The number of hydrogen-bond acceptors (Lipinski definition) is 2. The van der Waals surface area contributed by atoms with Gasteiger partial charge in [-0.15, -0.1) is 0 Å². The number of rotatable bonds is 6. The smallest absolute Gasteiger partial charge is 0.222 e. The maximum Gasteiger partial charge on any atom is 0.222 e. The second kappa shape index (κ2) is 8.40. The number of benzene rings is 1. The maximum absolute atomic E-state index is 12.1. The summed E-state index contributed by atoms with van der Waals surface area (Å²) in [7, 11) is 1.88. The third kappa shape index (κ3) is 5.68. The summed E-state index contributed by atoms with van der Waals surface area (Å²) in [6.45, 7) is 1.56. The fourth-order valence-corrected chi connectivity index (χ4v) is 2.77. The molecular weight excluding hydrogens is 286 g/mol. The van der Waals surface area contributed by atoms with Crippen molar-refractivity contribution in [3.8, 4) is 0 Å². The van der Waals surface area contributed by atoms with Crippen molar-refractivity contribution in [3.63, 3.8) is 0 Å². The average Bonchev–Trinajstić information content (AvgIpc) is 2.50. The highest BCUT2D eigenvalue weighted by molar-refractivity contribution is 6.30. The number of hydrogen-bond donors (Lipinski definition) is 0. The van der Waals surface area contributed by atoms with Crippen molar-refractivity contribution >= 4 is 17.5 Å². The zero-order valence-electron chi connectivity index (χ0n) is 12.7. The van der Waals surface area contributed by atoms with Crippen LogP contribution >= 0.6 is 11.6 Å². The molecule has 1 aliphatic heterocycles. The average molecular weight is 310 g/mol. The van der Waals surface area contributed by atoms with Crippen LogP contribution in [0.4, 0.5) is 0 Å². The van der Waals surface area contributed by atoms with Crippen molar-refractivity contribution in [2.75, 3.05) is 20.2 Å². The standard InChI is InChI=1S/C17H24ClNO2/c1-19(13-16-6-2-3-12-21-16)17(20)7-4-5-14-8-10-15(18)11-9-14/h8-11,16H,2-7,12-13H2,1H3/t16-/m1/s1. The topological polar surface area (TPSA) is 29.5 Å². The second-order valence-electron chi connectivity index (χ2n) is 5.74. The van der Waals surface area contributed by atoms with Gasteiger partial charge >= 0.3 is 0 Å². The second-order valence-corrected chi connectivity index (χ2v) is 6.18. The molecule has 1 amide bonds. The minimum absolute atomic E-state index is 0.207. The number of likely N-dealkylation sites (N-methyl/N-ethyl adjacent to an activating group) is 1. The number of amides is 1. The minimum atomic E-state index is 0.207. The Kier molecular flexibility index (Phi) is 6.52. The quantitative estimate of drug-likeness (QED) is 0.802. The van der Waals surface area contributed by atoms with Gasteiger partial charge in [0.25, 0.3) is 0 Å². The van der Waals surface area contributed by atoms with Crippen LogP contribution in [0.1, 0.15) is 37.7 Å². The van der Waals surface area contributed by atoms with E-state index in [9.17, 15) is 4.79 Å². The predicted octanol–water partition coefficient (Wildman–Crippen LogP) is 3.69. The van der Waals surface area contributed by atoms with Crippen LogP contribution in [0.2, 0.25) is 5.02 Å². The zero-order chi connectivity index (χ0) is 15.1. The molecule has 1 aromatic rings. The first-order chi connectivity index (χ1) is 10.1. The summed E-state index contributed by atoms with van der Waals surface area (Å²) < 4.78 is 5.68. The van der Waals surface area contributed by atoms with Crippen molar-refractivity contribution in [3.05, 3.63) is 34.9 Å². The molecule has 3 nitrogen and oxygen atoms in total. The summed E-state index contributed by atoms with van der Waals surface area (Å²) in [5.41, 5.74) is 1.23. The monoisotopic (exact) mass is 309 g/mol. The molecule has 0 radical (unpaired) electrons. The van der Waals surface area contributed by atoms with Gasteiger partial charge in [-0.25, -0.2) is 0 Å². The Morgan fingerprint density at radius 1 is 1.33 bits per heavy atom. The Bertz CT molecular complexity index is 441. The van der Waals surface area contributed by atoms with Crippen LogP contribution in [0.25, 0.3) is 0 Å². The van der Waals surface area contributed by atoms with E-state index in [1.54, 1.807) is 0 Å². The van der Waals surface area contributed by atoms with Crippen molar-refractivity contribution in [2.24, 2.45) is 0 Å². The van der Waals surface area contributed by atoms with E-state index in [4.69, 9.17) is 16.3 Å². The molecule has 0 aliphatic carbocycles. The van der Waals surface area contributed by atoms with E-state index in [0.29, 0.717) is 6.42 Å².